The predicted octanol–water partition coefficient (Wildman–Crippen LogP) is 1.86. The van der Waals surface area contributed by atoms with Gasteiger partial charge in [0.2, 0.25) is 15.5 Å². The van der Waals surface area contributed by atoms with E-state index < -0.39 is 21.4 Å². The second kappa shape index (κ2) is 5.43. The number of aryl methyl sites for hydroxylation is 1. The van der Waals surface area contributed by atoms with Crippen LogP contribution in [0.15, 0.2) is 44.4 Å². The number of nitrogens with one attached hydrogen (secondary N) is 1. The van der Waals surface area contributed by atoms with Gasteiger partial charge in [0.05, 0.1) is 16.3 Å². The predicted molar refractivity (Wildman–Crippen MR) is 87.9 cm³/mol. The zero-order valence-corrected chi connectivity index (χ0v) is 13.6. The molecule has 0 fully saturated rings. The van der Waals surface area contributed by atoms with E-state index in [-0.39, 0.29) is 32.4 Å². The lowest BCUT2D eigenvalue weighted by Gasteiger charge is -2.09. The molecule has 0 unspecified atom stereocenters. The Hall–Kier alpha value is -2.71. The fourth-order valence-electron chi connectivity index (χ4n) is 2.51. The monoisotopic (exact) mass is 347 g/mol. The number of hydrogen-bond donors (Lipinski definition) is 2. The molecule has 8 heteroatoms. The smallest absolute Gasteiger partial charge is 0.335 e. The molecule has 0 aliphatic heterocycles. The zero-order chi connectivity index (χ0) is 17.6. The number of carboxylic acid groups (broad SMARTS) is 1. The maximum Gasteiger partial charge on any atom is 0.335 e. The van der Waals surface area contributed by atoms with Crippen LogP contribution in [0.4, 0.5) is 0 Å². The Labute approximate surface area is 136 Å². The maximum absolute atomic E-state index is 12.7. The molecule has 3 aromatic rings. The van der Waals surface area contributed by atoms with Gasteiger partial charge < -0.3 is 9.52 Å². The molecule has 0 saturated heterocycles. The second-order valence-electron chi connectivity index (χ2n) is 5.29. The first-order valence-corrected chi connectivity index (χ1v) is 8.41. The molecule has 1 heterocycles. The number of carbonyl (C=O) groups is 1. The van der Waals surface area contributed by atoms with Crippen molar-refractivity contribution in [2.75, 3.05) is 7.05 Å². The maximum atomic E-state index is 12.7. The third kappa shape index (κ3) is 2.45. The third-order valence-corrected chi connectivity index (χ3v) is 5.10. The number of fused-ring (bicyclic) bond motifs is 2. The topological polar surface area (TPSA) is 114 Å². The van der Waals surface area contributed by atoms with Gasteiger partial charge in [-0.2, -0.15) is 0 Å². The van der Waals surface area contributed by atoms with Crippen molar-refractivity contribution in [1.82, 2.24) is 4.72 Å². The van der Waals surface area contributed by atoms with E-state index in [0.29, 0.717) is 5.56 Å². The normalized spacial score (nSPS) is 11.9. The summed E-state index contributed by atoms with van der Waals surface area (Å²) in [6.07, 6.45) is 0. The standard InChI is InChI=1S/C16H13NO6S/c1-8-5-11-14(18)10-7-9(16(19)20)3-4-12(10)23-15(11)13(6-8)24(21,22)17-2/h3-7,17H,1-2H3,(H,19,20). The van der Waals surface area contributed by atoms with Gasteiger partial charge in [0.1, 0.15) is 10.5 Å². The van der Waals surface area contributed by atoms with Crippen LogP contribution >= 0.6 is 0 Å². The number of rotatable bonds is 3. The minimum absolute atomic E-state index is 0.0510. The number of hydrogen-bond acceptors (Lipinski definition) is 5. The van der Waals surface area contributed by atoms with E-state index in [1.807, 2.05) is 0 Å². The van der Waals surface area contributed by atoms with E-state index in [4.69, 9.17) is 9.52 Å². The van der Waals surface area contributed by atoms with Crippen LogP contribution in [0.25, 0.3) is 21.9 Å². The highest BCUT2D eigenvalue weighted by atomic mass is 32.2. The Bertz CT molecular complexity index is 1160. The molecule has 0 spiro atoms. The highest BCUT2D eigenvalue weighted by molar-refractivity contribution is 7.89. The van der Waals surface area contributed by atoms with Gasteiger partial charge in [-0.1, -0.05) is 0 Å². The molecule has 2 aromatic carbocycles. The van der Waals surface area contributed by atoms with Crippen LogP contribution in [0.5, 0.6) is 0 Å². The Morgan fingerprint density at radius 1 is 1.17 bits per heavy atom. The van der Waals surface area contributed by atoms with Gasteiger partial charge in [-0.05, 0) is 49.9 Å². The molecule has 3 rings (SSSR count). The first-order chi connectivity index (χ1) is 11.2. The Balaban J connectivity index is 2.53. The number of aromatic carboxylic acids is 1. The summed E-state index contributed by atoms with van der Waals surface area (Å²) < 4.78 is 32.2. The van der Waals surface area contributed by atoms with E-state index in [2.05, 4.69) is 4.72 Å². The Morgan fingerprint density at radius 3 is 2.50 bits per heavy atom. The summed E-state index contributed by atoms with van der Waals surface area (Å²) in [5.74, 6) is -1.17. The van der Waals surface area contributed by atoms with Crippen LogP contribution in [0, 0.1) is 6.92 Å². The van der Waals surface area contributed by atoms with E-state index in [1.165, 1.54) is 37.4 Å². The van der Waals surface area contributed by atoms with E-state index >= 15 is 0 Å². The van der Waals surface area contributed by atoms with Crippen LogP contribution in [-0.2, 0) is 10.0 Å². The molecule has 0 aliphatic rings. The summed E-state index contributed by atoms with van der Waals surface area (Å²) in [6.45, 7) is 1.66. The first-order valence-electron chi connectivity index (χ1n) is 6.92. The van der Waals surface area contributed by atoms with Crippen LogP contribution < -0.4 is 10.2 Å². The lowest BCUT2D eigenvalue weighted by molar-refractivity contribution is 0.0697. The molecule has 0 atom stereocenters. The van der Waals surface area contributed by atoms with E-state index in [0.717, 1.165) is 0 Å². The summed E-state index contributed by atoms with van der Waals surface area (Å²) >= 11 is 0. The summed E-state index contributed by atoms with van der Waals surface area (Å²) in [4.78, 5) is 23.7. The average molecular weight is 347 g/mol. The van der Waals surface area contributed by atoms with Crippen molar-refractivity contribution in [2.24, 2.45) is 0 Å². The number of carboxylic acids is 1. The Morgan fingerprint density at radius 2 is 1.88 bits per heavy atom. The minimum atomic E-state index is -3.83. The highest BCUT2D eigenvalue weighted by Crippen LogP contribution is 2.26. The highest BCUT2D eigenvalue weighted by Gasteiger charge is 2.21. The van der Waals surface area contributed by atoms with Gasteiger partial charge >= 0.3 is 5.97 Å². The average Bonchev–Trinajstić information content (AvgIpc) is 2.54. The molecule has 0 saturated carbocycles. The van der Waals surface area contributed by atoms with Crippen LogP contribution in [0.3, 0.4) is 0 Å². The molecule has 1 aromatic heterocycles. The molecule has 0 amide bonds. The minimum Gasteiger partial charge on any atom is -0.478 e. The van der Waals surface area contributed by atoms with E-state index in [9.17, 15) is 18.0 Å². The van der Waals surface area contributed by atoms with Crippen molar-refractivity contribution in [1.29, 1.82) is 0 Å². The molecule has 7 nitrogen and oxygen atoms in total. The van der Waals surface area contributed by atoms with Gasteiger partial charge in [-0.15, -0.1) is 0 Å². The zero-order valence-electron chi connectivity index (χ0n) is 12.8. The van der Waals surface area contributed by atoms with Crippen LogP contribution in [-0.4, -0.2) is 26.5 Å². The molecule has 0 radical (unpaired) electrons. The summed E-state index contributed by atoms with van der Waals surface area (Å²) in [5, 5.41) is 9.22. The summed E-state index contributed by atoms with van der Waals surface area (Å²) in [7, 11) is -2.57. The Kier molecular flexibility index (Phi) is 3.66. The summed E-state index contributed by atoms with van der Waals surface area (Å²) in [6, 6.07) is 6.78. The molecule has 124 valence electrons. The number of sulfonamides is 1. The van der Waals surface area contributed by atoms with Gasteiger partial charge in [-0.3, -0.25) is 4.79 Å². The van der Waals surface area contributed by atoms with E-state index in [1.54, 1.807) is 6.92 Å². The fourth-order valence-corrected chi connectivity index (χ4v) is 3.46. The molecule has 24 heavy (non-hydrogen) atoms. The molecule has 0 bridgehead atoms. The van der Waals surface area contributed by atoms with Crippen LogP contribution in [0.1, 0.15) is 15.9 Å². The largest absolute Gasteiger partial charge is 0.478 e. The molecular weight excluding hydrogens is 334 g/mol. The fraction of sp³-hybridized carbons (Fsp3) is 0.125. The van der Waals surface area contributed by atoms with Crippen molar-refractivity contribution < 1.29 is 22.7 Å². The third-order valence-electron chi connectivity index (χ3n) is 3.69. The molecular formula is C16H13NO6S. The quantitative estimate of drug-likeness (QED) is 0.699. The SMILES string of the molecule is CNS(=O)(=O)c1cc(C)cc2c(=O)c3cc(C(=O)O)ccc3oc12. The summed E-state index contributed by atoms with van der Waals surface area (Å²) in [5.41, 5.74) is 0.0947. The van der Waals surface area contributed by atoms with Crippen molar-refractivity contribution in [3.63, 3.8) is 0 Å². The number of benzene rings is 2. The lowest BCUT2D eigenvalue weighted by atomic mass is 10.1. The molecule has 2 N–H and O–H groups in total. The van der Waals surface area contributed by atoms with Gasteiger partial charge in [0.15, 0.2) is 5.58 Å². The lowest BCUT2D eigenvalue weighted by Crippen LogP contribution is -2.19. The van der Waals surface area contributed by atoms with Crippen molar-refractivity contribution in [3.05, 3.63) is 51.7 Å². The molecule has 0 aliphatic carbocycles. The van der Waals surface area contributed by atoms with Gasteiger partial charge in [0.25, 0.3) is 0 Å². The van der Waals surface area contributed by atoms with Crippen molar-refractivity contribution in [2.45, 2.75) is 11.8 Å². The van der Waals surface area contributed by atoms with Crippen molar-refractivity contribution >= 4 is 37.9 Å². The van der Waals surface area contributed by atoms with Crippen molar-refractivity contribution in [3.8, 4) is 0 Å². The van der Waals surface area contributed by atoms with Crippen LogP contribution in [0.2, 0.25) is 0 Å². The van der Waals surface area contributed by atoms with Gasteiger partial charge in [0, 0.05) is 0 Å². The first kappa shape index (κ1) is 16.2. The van der Waals surface area contributed by atoms with Gasteiger partial charge in [-0.25, -0.2) is 17.9 Å². The second-order valence-corrected chi connectivity index (χ2v) is 7.15.